The first kappa shape index (κ1) is 24.2. The smallest absolute Gasteiger partial charge is 0.266 e. The molecule has 0 saturated heterocycles. The van der Waals surface area contributed by atoms with Gasteiger partial charge in [0, 0.05) is 18.7 Å². The summed E-state index contributed by atoms with van der Waals surface area (Å²) < 4.78 is 14.9. The van der Waals surface area contributed by atoms with Gasteiger partial charge >= 0.3 is 0 Å². The number of hydrogen-bond acceptors (Lipinski definition) is 5. The van der Waals surface area contributed by atoms with Crippen molar-refractivity contribution in [2.24, 2.45) is 5.73 Å². The second-order valence-electron chi connectivity index (χ2n) is 7.87. The molecule has 1 heterocycles. The number of thioether (sulfide) groups is 1. The van der Waals surface area contributed by atoms with Crippen molar-refractivity contribution in [1.82, 2.24) is 9.55 Å². The van der Waals surface area contributed by atoms with Gasteiger partial charge in [-0.2, -0.15) is 0 Å². The van der Waals surface area contributed by atoms with Crippen LogP contribution in [0.2, 0.25) is 0 Å². The summed E-state index contributed by atoms with van der Waals surface area (Å²) >= 11 is 1.12. The monoisotopic (exact) mass is 490 g/mol. The molecule has 0 fully saturated rings. The van der Waals surface area contributed by atoms with Crippen molar-refractivity contribution >= 4 is 40.2 Å². The van der Waals surface area contributed by atoms with Crippen LogP contribution in [0.15, 0.2) is 82.7 Å². The Labute approximate surface area is 205 Å². The summed E-state index contributed by atoms with van der Waals surface area (Å²) in [6, 6.07) is 19.9. The number of hydrogen-bond donors (Lipinski definition) is 1. The molecule has 0 aliphatic rings. The third-order valence-corrected chi connectivity index (χ3v) is 6.37. The lowest BCUT2D eigenvalue weighted by atomic mass is 10.2. The van der Waals surface area contributed by atoms with Gasteiger partial charge in [0.25, 0.3) is 5.56 Å². The number of nitrogens with two attached hydrogens (primary N) is 1. The number of rotatable bonds is 8. The zero-order chi connectivity index (χ0) is 24.9. The Morgan fingerprint density at radius 3 is 2.43 bits per heavy atom. The number of halogens is 1. The molecule has 3 aromatic carbocycles. The SMILES string of the molecule is Cc1ccccc1-n1c(SCC(=O)N(CCC(N)=O)c2ccc(F)cc2)nc2ccccc2c1=O. The molecule has 4 aromatic rings. The molecule has 4 rings (SSSR count). The van der Waals surface area contributed by atoms with Crippen LogP contribution in [0.5, 0.6) is 0 Å². The summed E-state index contributed by atoms with van der Waals surface area (Å²) in [5.41, 5.74) is 7.59. The molecule has 0 radical (unpaired) electrons. The number of primary amides is 1. The number of aryl methyl sites for hydroxylation is 1. The molecule has 0 unspecified atom stereocenters. The molecule has 1 aromatic heterocycles. The summed E-state index contributed by atoms with van der Waals surface area (Å²) in [6.07, 6.45) is -0.0457. The maximum Gasteiger partial charge on any atom is 0.266 e. The molecule has 0 saturated carbocycles. The van der Waals surface area contributed by atoms with Crippen LogP contribution in [0.4, 0.5) is 10.1 Å². The Balaban J connectivity index is 1.70. The Morgan fingerprint density at radius 2 is 1.71 bits per heavy atom. The Hall–Kier alpha value is -3.98. The predicted molar refractivity (Wildman–Crippen MR) is 135 cm³/mol. The average molecular weight is 491 g/mol. The van der Waals surface area contributed by atoms with Gasteiger partial charge in [-0.3, -0.25) is 19.0 Å². The fourth-order valence-electron chi connectivity index (χ4n) is 3.68. The Kier molecular flexibility index (Phi) is 7.26. The number of nitrogens with zero attached hydrogens (tertiary/aromatic N) is 3. The first-order valence-corrected chi connectivity index (χ1v) is 11.9. The molecule has 178 valence electrons. The van der Waals surface area contributed by atoms with Crippen LogP contribution in [0.3, 0.4) is 0 Å². The Morgan fingerprint density at radius 1 is 1.03 bits per heavy atom. The molecule has 2 amide bonds. The predicted octanol–water partition coefficient (Wildman–Crippen LogP) is 3.83. The van der Waals surface area contributed by atoms with Crippen molar-refractivity contribution in [2.75, 3.05) is 17.2 Å². The minimum absolute atomic E-state index is 0.0457. The molecule has 35 heavy (non-hydrogen) atoms. The fourth-order valence-corrected chi connectivity index (χ4v) is 4.56. The van der Waals surface area contributed by atoms with E-state index in [1.165, 1.54) is 33.7 Å². The van der Waals surface area contributed by atoms with Gasteiger partial charge in [0.2, 0.25) is 11.8 Å². The largest absolute Gasteiger partial charge is 0.370 e. The van der Waals surface area contributed by atoms with Gasteiger partial charge < -0.3 is 10.6 Å². The van der Waals surface area contributed by atoms with Gasteiger partial charge in [0.05, 0.1) is 22.3 Å². The number of anilines is 1. The fraction of sp³-hybridized carbons (Fsp3) is 0.154. The van der Waals surface area contributed by atoms with Gasteiger partial charge in [-0.1, -0.05) is 42.1 Å². The van der Waals surface area contributed by atoms with E-state index in [2.05, 4.69) is 4.98 Å². The number of para-hydroxylation sites is 2. The van der Waals surface area contributed by atoms with Gasteiger partial charge in [-0.25, -0.2) is 9.37 Å². The van der Waals surface area contributed by atoms with E-state index in [4.69, 9.17) is 5.73 Å². The topological polar surface area (TPSA) is 98.3 Å². The second kappa shape index (κ2) is 10.5. The lowest BCUT2D eigenvalue weighted by Crippen LogP contribution is -2.35. The van der Waals surface area contributed by atoms with Crippen LogP contribution in [-0.2, 0) is 9.59 Å². The van der Waals surface area contributed by atoms with Gasteiger partial charge in [0.15, 0.2) is 5.16 Å². The van der Waals surface area contributed by atoms with Crippen molar-refractivity contribution in [2.45, 2.75) is 18.5 Å². The van der Waals surface area contributed by atoms with E-state index in [-0.39, 0.29) is 30.2 Å². The maximum absolute atomic E-state index is 13.4. The van der Waals surface area contributed by atoms with Gasteiger partial charge in [-0.15, -0.1) is 0 Å². The van der Waals surface area contributed by atoms with E-state index in [9.17, 15) is 18.8 Å². The number of benzene rings is 3. The Bertz CT molecular complexity index is 1450. The van der Waals surface area contributed by atoms with Crippen LogP contribution in [0.1, 0.15) is 12.0 Å². The molecular formula is C26H23FN4O3S. The summed E-state index contributed by atoms with van der Waals surface area (Å²) in [7, 11) is 0. The third kappa shape index (κ3) is 5.41. The third-order valence-electron chi connectivity index (χ3n) is 5.45. The first-order valence-electron chi connectivity index (χ1n) is 10.9. The highest BCUT2D eigenvalue weighted by molar-refractivity contribution is 7.99. The summed E-state index contributed by atoms with van der Waals surface area (Å²) in [5, 5.41) is 0.839. The summed E-state index contributed by atoms with van der Waals surface area (Å²) in [4.78, 5) is 44.1. The zero-order valence-corrected chi connectivity index (χ0v) is 19.8. The number of amides is 2. The highest BCUT2D eigenvalue weighted by Gasteiger charge is 2.20. The maximum atomic E-state index is 13.4. The normalized spacial score (nSPS) is 10.9. The van der Waals surface area contributed by atoms with Gasteiger partial charge in [0.1, 0.15) is 5.82 Å². The van der Waals surface area contributed by atoms with E-state index < -0.39 is 11.7 Å². The van der Waals surface area contributed by atoms with Crippen LogP contribution < -0.4 is 16.2 Å². The summed E-state index contributed by atoms with van der Waals surface area (Å²) in [6.45, 7) is 1.95. The minimum atomic E-state index is -0.554. The van der Waals surface area contributed by atoms with E-state index >= 15 is 0 Å². The molecule has 0 spiro atoms. The van der Waals surface area contributed by atoms with Crippen molar-refractivity contribution < 1.29 is 14.0 Å². The number of aromatic nitrogens is 2. The average Bonchev–Trinajstić information content (AvgIpc) is 2.84. The van der Waals surface area contributed by atoms with Crippen molar-refractivity contribution in [1.29, 1.82) is 0 Å². The molecule has 0 atom stereocenters. The van der Waals surface area contributed by atoms with E-state index in [0.29, 0.717) is 27.4 Å². The van der Waals surface area contributed by atoms with Crippen molar-refractivity contribution in [3.63, 3.8) is 0 Å². The highest BCUT2D eigenvalue weighted by Crippen LogP contribution is 2.24. The molecule has 7 nitrogen and oxygen atoms in total. The lowest BCUT2D eigenvalue weighted by molar-refractivity contribution is -0.118. The number of carbonyl (C=O) groups excluding carboxylic acids is 2. The minimum Gasteiger partial charge on any atom is -0.370 e. The van der Waals surface area contributed by atoms with E-state index in [1.54, 1.807) is 24.3 Å². The van der Waals surface area contributed by atoms with Crippen LogP contribution in [-0.4, -0.2) is 33.7 Å². The van der Waals surface area contributed by atoms with Crippen molar-refractivity contribution in [3.8, 4) is 5.69 Å². The number of fused-ring (bicyclic) bond motifs is 1. The lowest BCUT2D eigenvalue weighted by Gasteiger charge is -2.22. The standard InChI is InChI=1S/C26H23FN4O3S/c1-17-6-2-5-9-22(17)31-25(34)20-7-3-4-8-21(20)29-26(31)35-16-24(33)30(15-14-23(28)32)19-12-10-18(27)11-13-19/h2-13H,14-16H2,1H3,(H2,28,32). The molecular weight excluding hydrogens is 467 g/mol. The number of carbonyl (C=O) groups is 2. The molecule has 2 N–H and O–H groups in total. The first-order chi connectivity index (χ1) is 16.8. The molecule has 0 aliphatic heterocycles. The second-order valence-corrected chi connectivity index (χ2v) is 8.81. The molecule has 9 heteroatoms. The molecule has 0 aliphatic carbocycles. The highest BCUT2D eigenvalue weighted by atomic mass is 32.2. The van der Waals surface area contributed by atoms with E-state index in [1.807, 2.05) is 31.2 Å². The molecule has 0 bridgehead atoms. The van der Waals surface area contributed by atoms with E-state index in [0.717, 1.165) is 17.3 Å². The zero-order valence-electron chi connectivity index (χ0n) is 19.0. The van der Waals surface area contributed by atoms with Gasteiger partial charge in [-0.05, 0) is 55.0 Å². The summed E-state index contributed by atoms with van der Waals surface area (Å²) in [5.74, 6) is -1.39. The quantitative estimate of drug-likeness (QED) is 0.299. The van der Waals surface area contributed by atoms with Crippen LogP contribution in [0, 0.1) is 12.7 Å². The van der Waals surface area contributed by atoms with Crippen LogP contribution >= 0.6 is 11.8 Å². The van der Waals surface area contributed by atoms with Crippen LogP contribution in [0.25, 0.3) is 16.6 Å². The van der Waals surface area contributed by atoms with Crippen molar-refractivity contribution in [3.05, 3.63) is 94.5 Å².